The number of aliphatic hydroxyl groups excluding tert-OH is 1. The fourth-order valence-electron chi connectivity index (χ4n) is 1.85. The number of aromatic nitrogens is 2. The minimum Gasteiger partial charge on any atom is -0.396 e. The molecule has 1 aromatic heterocycles. The number of nitrogens with zero attached hydrogens (tertiary/aromatic N) is 2. The van der Waals surface area contributed by atoms with E-state index in [0.717, 1.165) is 26.8 Å². The van der Waals surface area contributed by atoms with Crippen molar-refractivity contribution in [2.24, 2.45) is 0 Å². The molecule has 0 fully saturated rings. The Hall–Kier alpha value is -1.40. The van der Waals surface area contributed by atoms with Crippen LogP contribution in [0, 0.1) is 6.92 Å². The molecule has 18 heavy (non-hydrogen) atoms. The summed E-state index contributed by atoms with van der Waals surface area (Å²) >= 11 is 3.44. The number of benzene rings is 1. The van der Waals surface area contributed by atoms with Crippen molar-refractivity contribution in [3.63, 3.8) is 0 Å². The van der Waals surface area contributed by atoms with Gasteiger partial charge in [0, 0.05) is 23.0 Å². The molecule has 6 heteroatoms. The van der Waals surface area contributed by atoms with E-state index in [-0.39, 0.29) is 12.6 Å². The van der Waals surface area contributed by atoms with E-state index in [1.165, 1.54) is 0 Å². The van der Waals surface area contributed by atoms with Crippen LogP contribution in [-0.4, -0.2) is 28.2 Å². The van der Waals surface area contributed by atoms with E-state index in [0.29, 0.717) is 13.0 Å². The first-order chi connectivity index (χ1) is 8.61. The first-order valence-corrected chi connectivity index (χ1v) is 6.49. The van der Waals surface area contributed by atoms with Crippen LogP contribution < -0.4 is 11.1 Å². The highest BCUT2D eigenvalue weighted by molar-refractivity contribution is 9.10. The second kappa shape index (κ2) is 5.49. The van der Waals surface area contributed by atoms with Gasteiger partial charge in [0.15, 0.2) is 0 Å². The zero-order valence-corrected chi connectivity index (χ0v) is 11.7. The summed E-state index contributed by atoms with van der Waals surface area (Å²) in [5, 5.41) is 12.9. The largest absolute Gasteiger partial charge is 0.396 e. The lowest BCUT2D eigenvalue weighted by atomic mass is 10.1. The summed E-state index contributed by atoms with van der Waals surface area (Å²) in [7, 11) is 0. The zero-order valence-electron chi connectivity index (χ0n) is 10.1. The number of nitrogen functional groups attached to an aromatic ring is 1. The molecule has 4 N–H and O–H groups in total. The maximum Gasteiger partial charge on any atom is 0.222 e. The molecule has 0 bridgehead atoms. The van der Waals surface area contributed by atoms with Crippen molar-refractivity contribution in [3.05, 3.63) is 22.2 Å². The summed E-state index contributed by atoms with van der Waals surface area (Å²) < 4.78 is 0.965. The predicted molar refractivity (Wildman–Crippen MR) is 76.6 cm³/mol. The van der Waals surface area contributed by atoms with Gasteiger partial charge in [-0.25, -0.2) is 4.98 Å². The second-order valence-electron chi connectivity index (χ2n) is 4.05. The van der Waals surface area contributed by atoms with Crippen molar-refractivity contribution < 1.29 is 5.11 Å². The smallest absolute Gasteiger partial charge is 0.222 e. The summed E-state index contributed by atoms with van der Waals surface area (Å²) in [6.07, 6.45) is 0.668. The topological polar surface area (TPSA) is 84.1 Å². The van der Waals surface area contributed by atoms with E-state index in [4.69, 9.17) is 10.8 Å². The van der Waals surface area contributed by atoms with Crippen LogP contribution in [0.3, 0.4) is 0 Å². The number of hydrogen-bond donors (Lipinski definition) is 3. The number of aliphatic hydroxyl groups is 1. The summed E-state index contributed by atoms with van der Waals surface area (Å²) in [4.78, 5) is 8.46. The monoisotopic (exact) mass is 310 g/mol. The molecular weight excluding hydrogens is 296 g/mol. The fourth-order valence-corrected chi connectivity index (χ4v) is 2.41. The lowest BCUT2D eigenvalue weighted by Crippen LogP contribution is -2.08. The number of halogens is 1. The van der Waals surface area contributed by atoms with Gasteiger partial charge in [-0.2, -0.15) is 4.98 Å². The van der Waals surface area contributed by atoms with Crippen molar-refractivity contribution in [2.75, 3.05) is 24.2 Å². The Labute approximate surface area is 114 Å². The van der Waals surface area contributed by atoms with Crippen molar-refractivity contribution >= 4 is 38.6 Å². The quantitative estimate of drug-likeness (QED) is 0.753. The maximum atomic E-state index is 8.80. The Balaban J connectivity index is 2.50. The van der Waals surface area contributed by atoms with E-state index in [2.05, 4.69) is 31.2 Å². The van der Waals surface area contributed by atoms with Crippen molar-refractivity contribution in [3.8, 4) is 0 Å². The summed E-state index contributed by atoms with van der Waals surface area (Å²) in [6.45, 7) is 2.80. The fraction of sp³-hybridized carbons (Fsp3) is 0.333. The zero-order chi connectivity index (χ0) is 13.1. The SMILES string of the molecule is Cc1cc(Br)cc2nc(N)nc(NCCCO)c12. The Morgan fingerprint density at radius 2 is 2.17 bits per heavy atom. The van der Waals surface area contributed by atoms with Crippen LogP contribution in [0.15, 0.2) is 16.6 Å². The molecule has 0 aliphatic carbocycles. The first-order valence-electron chi connectivity index (χ1n) is 5.70. The summed E-state index contributed by atoms with van der Waals surface area (Å²) in [6, 6.07) is 3.93. The molecule has 0 spiro atoms. The van der Waals surface area contributed by atoms with Gasteiger partial charge in [-0.1, -0.05) is 15.9 Å². The van der Waals surface area contributed by atoms with E-state index < -0.39 is 0 Å². The van der Waals surface area contributed by atoms with Crippen LogP contribution in [0.5, 0.6) is 0 Å². The molecule has 0 saturated carbocycles. The number of fused-ring (bicyclic) bond motifs is 1. The molecule has 0 radical (unpaired) electrons. The maximum absolute atomic E-state index is 8.80. The minimum absolute atomic E-state index is 0.149. The lowest BCUT2D eigenvalue weighted by molar-refractivity contribution is 0.292. The molecule has 5 nitrogen and oxygen atoms in total. The van der Waals surface area contributed by atoms with E-state index >= 15 is 0 Å². The van der Waals surface area contributed by atoms with Crippen molar-refractivity contribution in [1.82, 2.24) is 9.97 Å². The van der Waals surface area contributed by atoms with Crippen LogP contribution in [0.4, 0.5) is 11.8 Å². The highest BCUT2D eigenvalue weighted by Gasteiger charge is 2.09. The van der Waals surface area contributed by atoms with Gasteiger partial charge >= 0.3 is 0 Å². The molecule has 0 aliphatic rings. The van der Waals surface area contributed by atoms with Crippen molar-refractivity contribution in [1.29, 1.82) is 0 Å². The average Bonchev–Trinajstić information content (AvgIpc) is 2.27. The van der Waals surface area contributed by atoms with Crippen LogP contribution in [-0.2, 0) is 0 Å². The van der Waals surface area contributed by atoms with Crippen LogP contribution in [0.1, 0.15) is 12.0 Å². The third kappa shape index (κ3) is 2.70. The molecule has 0 unspecified atom stereocenters. The summed E-state index contributed by atoms with van der Waals surface area (Å²) in [5.41, 5.74) is 7.58. The first kappa shape index (κ1) is 13.0. The minimum atomic E-state index is 0.149. The molecule has 0 saturated heterocycles. The number of hydrogen-bond acceptors (Lipinski definition) is 5. The Bertz CT molecular complexity index is 568. The number of anilines is 2. The number of nitrogens with two attached hydrogens (primary N) is 1. The van der Waals surface area contributed by atoms with Gasteiger partial charge in [0.05, 0.1) is 5.52 Å². The standard InChI is InChI=1S/C12H15BrN4O/c1-7-5-8(13)6-9-10(7)11(15-3-2-4-18)17-12(14)16-9/h5-6,18H,2-4H2,1H3,(H3,14,15,16,17). The summed E-state index contributed by atoms with van der Waals surface area (Å²) in [5.74, 6) is 0.961. The van der Waals surface area contributed by atoms with Gasteiger partial charge in [-0.3, -0.25) is 0 Å². The molecule has 0 amide bonds. The van der Waals surface area contributed by atoms with Gasteiger partial charge < -0.3 is 16.2 Å². The lowest BCUT2D eigenvalue weighted by Gasteiger charge is -2.11. The van der Waals surface area contributed by atoms with Crippen LogP contribution >= 0.6 is 15.9 Å². The molecule has 96 valence electrons. The normalized spacial score (nSPS) is 10.8. The van der Waals surface area contributed by atoms with E-state index in [9.17, 15) is 0 Å². The molecular formula is C12H15BrN4O. The molecule has 2 rings (SSSR count). The Kier molecular flexibility index (Phi) is 3.98. The molecule has 2 aromatic rings. The van der Waals surface area contributed by atoms with Gasteiger partial charge in [0.2, 0.25) is 5.95 Å². The van der Waals surface area contributed by atoms with Crippen LogP contribution in [0.2, 0.25) is 0 Å². The second-order valence-corrected chi connectivity index (χ2v) is 4.97. The Morgan fingerprint density at radius 1 is 1.39 bits per heavy atom. The van der Waals surface area contributed by atoms with Crippen molar-refractivity contribution in [2.45, 2.75) is 13.3 Å². The highest BCUT2D eigenvalue weighted by Crippen LogP contribution is 2.28. The molecule has 0 aliphatic heterocycles. The molecule has 1 heterocycles. The molecule has 1 aromatic carbocycles. The Morgan fingerprint density at radius 3 is 2.89 bits per heavy atom. The average molecular weight is 311 g/mol. The van der Waals surface area contributed by atoms with Gasteiger partial charge in [0.25, 0.3) is 0 Å². The number of nitrogens with one attached hydrogen (secondary N) is 1. The third-order valence-corrected chi connectivity index (χ3v) is 3.06. The van der Waals surface area contributed by atoms with Crippen LogP contribution in [0.25, 0.3) is 10.9 Å². The third-order valence-electron chi connectivity index (χ3n) is 2.60. The molecule has 0 atom stereocenters. The van der Waals surface area contributed by atoms with E-state index in [1.807, 2.05) is 19.1 Å². The number of rotatable bonds is 4. The van der Waals surface area contributed by atoms with Gasteiger partial charge in [-0.05, 0) is 31.0 Å². The predicted octanol–water partition coefficient (Wildman–Crippen LogP) is 2.08. The number of aryl methyl sites for hydroxylation is 1. The van der Waals surface area contributed by atoms with E-state index in [1.54, 1.807) is 0 Å². The highest BCUT2D eigenvalue weighted by atomic mass is 79.9. The van der Waals surface area contributed by atoms with Gasteiger partial charge in [-0.15, -0.1) is 0 Å². The van der Waals surface area contributed by atoms with Gasteiger partial charge in [0.1, 0.15) is 5.82 Å².